The minimum Gasteiger partial charge on any atom is -0.157 e. The fourth-order valence-corrected chi connectivity index (χ4v) is 5.76. The fraction of sp³-hybridized carbons (Fsp3) is 0.0690. The Labute approximate surface area is 187 Å². The number of fused-ring (bicyclic) bond motifs is 2. The molecule has 1 nitrogen and oxygen atoms in total. The first-order valence-corrected chi connectivity index (χ1v) is 11.4. The van der Waals surface area contributed by atoms with E-state index in [4.69, 9.17) is 0 Å². The maximum Gasteiger partial charge on any atom is 0.233 e. The van der Waals surface area contributed by atoms with Gasteiger partial charge in [0.15, 0.2) is 6.20 Å². The second-order valence-corrected chi connectivity index (χ2v) is 9.33. The van der Waals surface area contributed by atoms with Gasteiger partial charge in [-0.15, -0.1) is 0 Å². The van der Waals surface area contributed by atoms with Gasteiger partial charge in [0.05, 0.1) is 20.7 Å². The highest BCUT2D eigenvalue weighted by Crippen LogP contribution is 2.44. The Bertz CT molecular complexity index is 1480. The zero-order valence-electron chi connectivity index (χ0n) is 17.6. The van der Waals surface area contributed by atoms with Gasteiger partial charge in [0.25, 0.3) is 0 Å². The van der Waals surface area contributed by atoms with Crippen LogP contribution in [-0.2, 0) is 0 Å². The van der Waals surface area contributed by atoms with Gasteiger partial charge >= 0.3 is 0 Å². The molecule has 148 valence electrons. The summed E-state index contributed by atoms with van der Waals surface area (Å²) in [5.74, 6) is 0. The number of aromatic nitrogens is 1. The van der Waals surface area contributed by atoms with Crippen molar-refractivity contribution >= 4 is 22.7 Å². The second kappa shape index (κ2) is 7.11. The molecule has 0 aliphatic carbocycles. The summed E-state index contributed by atoms with van der Waals surface area (Å²) in [6, 6.07) is 33.1. The van der Waals surface area contributed by atoms with Gasteiger partial charge in [-0.1, -0.05) is 89.6 Å². The SMILES string of the molecule is Cc1cccc(-c2c[n+]3c4c(cccc4c2-c2cccc(C)c2)Sc2ccccc2-3)c1. The minimum atomic E-state index is 1.25. The molecule has 31 heavy (non-hydrogen) atoms. The molecular formula is C29H22NS+. The molecule has 0 saturated carbocycles. The summed E-state index contributed by atoms with van der Waals surface area (Å²) >= 11 is 1.87. The molecule has 0 N–H and O–H groups in total. The number of pyridine rings is 1. The molecule has 0 amide bonds. The lowest BCUT2D eigenvalue weighted by molar-refractivity contribution is -0.571. The van der Waals surface area contributed by atoms with E-state index in [1.165, 1.54) is 59.8 Å². The molecule has 6 rings (SSSR count). The first kappa shape index (κ1) is 18.4. The third-order valence-electron chi connectivity index (χ3n) is 6.02. The van der Waals surface area contributed by atoms with E-state index in [0.29, 0.717) is 0 Å². The number of benzene rings is 4. The largest absolute Gasteiger partial charge is 0.233 e. The van der Waals surface area contributed by atoms with E-state index in [1.807, 2.05) is 11.8 Å². The van der Waals surface area contributed by atoms with E-state index in [2.05, 4.69) is 116 Å². The van der Waals surface area contributed by atoms with Crippen molar-refractivity contribution in [3.63, 3.8) is 0 Å². The molecule has 2 heterocycles. The number of hydrogen-bond acceptors (Lipinski definition) is 1. The minimum absolute atomic E-state index is 1.25. The number of para-hydroxylation sites is 2. The van der Waals surface area contributed by atoms with E-state index >= 15 is 0 Å². The van der Waals surface area contributed by atoms with Crippen LogP contribution in [0.5, 0.6) is 0 Å². The molecule has 5 aromatic rings. The van der Waals surface area contributed by atoms with Crippen LogP contribution in [0, 0.1) is 13.8 Å². The van der Waals surface area contributed by atoms with Gasteiger partial charge in [-0.3, -0.25) is 0 Å². The zero-order chi connectivity index (χ0) is 20.9. The Morgan fingerprint density at radius 3 is 2.13 bits per heavy atom. The lowest BCUT2D eigenvalue weighted by atomic mass is 9.91. The number of hydrogen-bond donors (Lipinski definition) is 0. The highest BCUT2D eigenvalue weighted by Gasteiger charge is 2.30. The van der Waals surface area contributed by atoms with E-state index in [0.717, 1.165) is 0 Å². The van der Waals surface area contributed by atoms with Crippen LogP contribution in [0.25, 0.3) is 38.8 Å². The first-order valence-electron chi connectivity index (χ1n) is 10.6. The van der Waals surface area contributed by atoms with Crippen molar-refractivity contribution in [1.82, 2.24) is 0 Å². The summed E-state index contributed by atoms with van der Waals surface area (Å²) in [4.78, 5) is 2.60. The average Bonchev–Trinajstić information content (AvgIpc) is 2.79. The van der Waals surface area contributed by atoms with Crippen LogP contribution in [0.4, 0.5) is 0 Å². The summed E-state index contributed by atoms with van der Waals surface area (Å²) in [5, 5.41) is 1.30. The molecule has 0 atom stereocenters. The smallest absolute Gasteiger partial charge is 0.157 e. The average molecular weight is 417 g/mol. The van der Waals surface area contributed by atoms with Crippen molar-refractivity contribution < 1.29 is 4.57 Å². The molecule has 2 heteroatoms. The number of aryl methyl sites for hydroxylation is 2. The van der Waals surface area contributed by atoms with Gasteiger partial charge in [-0.2, -0.15) is 4.57 Å². The predicted molar refractivity (Wildman–Crippen MR) is 130 cm³/mol. The van der Waals surface area contributed by atoms with E-state index in [9.17, 15) is 0 Å². The van der Waals surface area contributed by atoms with E-state index < -0.39 is 0 Å². The van der Waals surface area contributed by atoms with Crippen molar-refractivity contribution in [2.75, 3.05) is 0 Å². The molecule has 4 aromatic carbocycles. The Morgan fingerprint density at radius 2 is 1.32 bits per heavy atom. The van der Waals surface area contributed by atoms with Crippen molar-refractivity contribution in [2.45, 2.75) is 23.6 Å². The molecule has 0 spiro atoms. The molecule has 0 bridgehead atoms. The van der Waals surface area contributed by atoms with E-state index in [1.54, 1.807) is 0 Å². The second-order valence-electron chi connectivity index (χ2n) is 8.25. The van der Waals surface area contributed by atoms with Crippen LogP contribution in [0.2, 0.25) is 0 Å². The zero-order valence-corrected chi connectivity index (χ0v) is 18.4. The van der Waals surface area contributed by atoms with Crippen LogP contribution < -0.4 is 4.57 Å². The quantitative estimate of drug-likeness (QED) is 0.264. The van der Waals surface area contributed by atoms with Crippen LogP contribution in [-0.4, -0.2) is 0 Å². The van der Waals surface area contributed by atoms with Crippen LogP contribution >= 0.6 is 11.8 Å². The molecule has 1 aliphatic heterocycles. The molecule has 0 fully saturated rings. The summed E-state index contributed by atoms with van der Waals surface area (Å²) < 4.78 is 2.40. The lowest BCUT2D eigenvalue weighted by Crippen LogP contribution is -2.34. The van der Waals surface area contributed by atoms with Gasteiger partial charge in [0.1, 0.15) is 0 Å². The van der Waals surface area contributed by atoms with Gasteiger partial charge in [0, 0.05) is 11.6 Å². The summed E-state index contributed by atoms with van der Waals surface area (Å²) in [7, 11) is 0. The lowest BCUT2D eigenvalue weighted by Gasteiger charge is -2.19. The van der Waals surface area contributed by atoms with Crippen LogP contribution in [0.3, 0.4) is 0 Å². The molecule has 1 aromatic heterocycles. The van der Waals surface area contributed by atoms with Gasteiger partial charge < -0.3 is 0 Å². The standard InChI is InChI=1S/C29H22NS/c1-19-8-5-10-21(16-19)24-18-30-25-13-3-4-14-26(25)31-27-15-7-12-23(29(27)30)28(24)22-11-6-9-20(2)17-22/h3-18H,1-2H3/q+1. The van der Waals surface area contributed by atoms with E-state index in [-0.39, 0.29) is 0 Å². The summed E-state index contributed by atoms with van der Waals surface area (Å²) in [5.41, 5.74) is 10.2. The Balaban J connectivity index is 1.80. The van der Waals surface area contributed by atoms with Crippen molar-refractivity contribution in [1.29, 1.82) is 0 Å². The van der Waals surface area contributed by atoms with Crippen LogP contribution in [0.15, 0.2) is 107 Å². The highest BCUT2D eigenvalue weighted by molar-refractivity contribution is 7.99. The van der Waals surface area contributed by atoms with Crippen molar-refractivity contribution in [3.8, 4) is 27.9 Å². The van der Waals surface area contributed by atoms with Gasteiger partial charge in [-0.25, -0.2) is 0 Å². The normalized spacial score (nSPS) is 12.1. The maximum absolute atomic E-state index is 2.40. The maximum atomic E-state index is 2.40. The third kappa shape index (κ3) is 2.98. The third-order valence-corrected chi connectivity index (χ3v) is 7.13. The van der Waals surface area contributed by atoms with Crippen molar-refractivity contribution in [3.05, 3.63) is 108 Å². The fourth-order valence-electron chi connectivity index (χ4n) is 4.65. The molecule has 0 saturated heterocycles. The molecular weight excluding hydrogens is 394 g/mol. The molecule has 0 unspecified atom stereocenters. The number of rotatable bonds is 2. The highest BCUT2D eigenvalue weighted by atomic mass is 32.2. The summed E-state index contributed by atoms with van der Waals surface area (Å²) in [6.45, 7) is 4.33. The first-order chi connectivity index (χ1) is 15.2. The predicted octanol–water partition coefficient (Wildman–Crippen LogP) is 7.53. The Kier molecular flexibility index (Phi) is 4.22. The van der Waals surface area contributed by atoms with Gasteiger partial charge in [0.2, 0.25) is 11.2 Å². The summed E-state index contributed by atoms with van der Waals surface area (Å²) in [6.07, 6.45) is 2.34. The Hall–Kier alpha value is -3.36. The molecule has 1 aliphatic rings. The topological polar surface area (TPSA) is 3.88 Å². The van der Waals surface area contributed by atoms with Crippen molar-refractivity contribution in [2.24, 2.45) is 0 Å². The Morgan fingerprint density at radius 1 is 0.645 bits per heavy atom. The van der Waals surface area contributed by atoms with Crippen LogP contribution in [0.1, 0.15) is 11.1 Å². The van der Waals surface area contributed by atoms with Gasteiger partial charge in [-0.05, 0) is 43.2 Å². The molecule has 0 radical (unpaired) electrons. The monoisotopic (exact) mass is 416 g/mol. The number of nitrogens with zero attached hydrogens (tertiary/aromatic N) is 1.